The molecule has 0 amide bonds. The average molecular weight is 305 g/mol. The summed E-state index contributed by atoms with van der Waals surface area (Å²) in [6, 6.07) is 19.9. The molecule has 1 nitrogen and oxygen atoms in total. The molecule has 1 unspecified atom stereocenters. The molecular weight excluding hydrogens is 278 g/mol. The molecule has 0 radical (unpaired) electrons. The van der Waals surface area contributed by atoms with Crippen molar-refractivity contribution in [1.29, 1.82) is 0 Å². The lowest BCUT2D eigenvalue weighted by Crippen LogP contribution is -2.39. The van der Waals surface area contributed by atoms with E-state index >= 15 is 0 Å². The van der Waals surface area contributed by atoms with E-state index in [4.69, 9.17) is 0 Å². The molecule has 23 heavy (non-hydrogen) atoms. The summed E-state index contributed by atoms with van der Waals surface area (Å²) in [5.74, 6) is 0.389. The van der Waals surface area contributed by atoms with Crippen LogP contribution in [0.5, 0.6) is 0 Å². The Morgan fingerprint density at radius 3 is 2.30 bits per heavy atom. The quantitative estimate of drug-likeness (QED) is 0.716. The van der Waals surface area contributed by atoms with Gasteiger partial charge < -0.3 is 4.90 Å². The molecule has 0 N–H and O–H groups in total. The SMILES string of the molecule is CN(C)C(C)(C)CC1=CCc2ccccc2C1c1ccccc1. The summed E-state index contributed by atoms with van der Waals surface area (Å²) in [5.41, 5.74) is 6.05. The van der Waals surface area contributed by atoms with Crippen LogP contribution < -0.4 is 0 Å². The van der Waals surface area contributed by atoms with Crippen LogP contribution in [0.3, 0.4) is 0 Å². The predicted molar refractivity (Wildman–Crippen MR) is 98.9 cm³/mol. The van der Waals surface area contributed by atoms with Gasteiger partial charge in [-0.2, -0.15) is 0 Å². The maximum atomic E-state index is 2.46. The van der Waals surface area contributed by atoms with Crippen molar-refractivity contribution < 1.29 is 0 Å². The van der Waals surface area contributed by atoms with E-state index in [1.807, 2.05) is 0 Å². The molecule has 120 valence electrons. The van der Waals surface area contributed by atoms with Crippen LogP contribution in [0.1, 0.15) is 42.9 Å². The van der Waals surface area contributed by atoms with E-state index in [-0.39, 0.29) is 5.54 Å². The van der Waals surface area contributed by atoms with Crippen LogP contribution in [0.4, 0.5) is 0 Å². The van der Waals surface area contributed by atoms with Crippen molar-refractivity contribution in [3.63, 3.8) is 0 Å². The lowest BCUT2D eigenvalue weighted by molar-refractivity contribution is 0.192. The van der Waals surface area contributed by atoms with Gasteiger partial charge in [0.15, 0.2) is 0 Å². The second kappa shape index (κ2) is 6.33. The maximum absolute atomic E-state index is 2.46. The summed E-state index contributed by atoms with van der Waals surface area (Å²) >= 11 is 0. The van der Waals surface area contributed by atoms with Gasteiger partial charge in [-0.25, -0.2) is 0 Å². The normalized spacial score (nSPS) is 17.8. The van der Waals surface area contributed by atoms with E-state index in [1.54, 1.807) is 5.57 Å². The minimum atomic E-state index is 0.158. The molecule has 0 spiro atoms. The zero-order valence-electron chi connectivity index (χ0n) is 14.7. The van der Waals surface area contributed by atoms with E-state index in [1.165, 1.54) is 16.7 Å². The average Bonchev–Trinajstić information content (AvgIpc) is 2.55. The monoisotopic (exact) mass is 305 g/mol. The predicted octanol–water partition coefficient (Wildman–Crippen LogP) is 5.03. The van der Waals surface area contributed by atoms with E-state index in [9.17, 15) is 0 Å². The topological polar surface area (TPSA) is 3.24 Å². The maximum Gasteiger partial charge on any atom is 0.0302 e. The standard InChI is InChI=1S/C22H27N/c1-22(2,23(3)4)16-19-15-14-17-10-8-9-13-20(17)21(19)18-11-6-5-7-12-18/h5-13,15,21H,14,16H2,1-4H3. The molecule has 0 saturated carbocycles. The Balaban J connectivity index is 2.04. The Labute approximate surface area is 140 Å². The summed E-state index contributed by atoms with van der Waals surface area (Å²) in [4.78, 5) is 2.33. The van der Waals surface area contributed by atoms with Crippen molar-refractivity contribution in [2.75, 3.05) is 14.1 Å². The van der Waals surface area contributed by atoms with Crippen molar-refractivity contribution in [2.45, 2.75) is 38.1 Å². The third-order valence-corrected chi connectivity index (χ3v) is 5.30. The van der Waals surface area contributed by atoms with E-state index in [2.05, 4.69) is 93.5 Å². The molecule has 1 atom stereocenters. The summed E-state index contributed by atoms with van der Waals surface area (Å²) in [7, 11) is 4.35. The van der Waals surface area contributed by atoms with Gasteiger partial charge in [0.2, 0.25) is 0 Å². The second-order valence-corrected chi connectivity index (χ2v) is 7.41. The van der Waals surface area contributed by atoms with Crippen LogP contribution in [-0.2, 0) is 6.42 Å². The summed E-state index contributed by atoms with van der Waals surface area (Å²) in [6.07, 6.45) is 4.61. The molecule has 1 heteroatoms. The number of nitrogens with zero attached hydrogens (tertiary/aromatic N) is 1. The summed E-state index contributed by atoms with van der Waals surface area (Å²) in [6.45, 7) is 4.66. The smallest absolute Gasteiger partial charge is 0.0302 e. The molecule has 0 aliphatic heterocycles. The van der Waals surface area contributed by atoms with E-state index in [0.717, 1.165) is 12.8 Å². The van der Waals surface area contributed by atoms with Crippen molar-refractivity contribution in [1.82, 2.24) is 4.90 Å². The molecule has 0 bridgehead atoms. The van der Waals surface area contributed by atoms with Crippen LogP contribution in [0.2, 0.25) is 0 Å². The third kappa shape index (κ3) is 3.25. The molecule has 0 fully saturated rings. The number of allylic oxidation sites excluding steroid dienone is 1. The fraction of sp³-hybridized carbons (Fsp3) is 0.364. The number of rotatable bonds is 4. The number of hydrogen-bond acceptors (Lipinski definition) is 1. The van der Waals surface area contributed by atoms with Crippen molar-refractivity contribution in [3.8, 4) is 0 Å². The Bertz CT molecular complexity index is 695. The van der Waals surface area contributed by atoms with Gasteiger partial charge >= 0.3 is 0 Å². The molecule has 2 aromatic rings. The fourth-order valence-electron chi connectivity index (χ4n) is 3.43. The van der Waals surface area contributed by atoms with Crippen molar-refractivity contribution in [2.24, 2.45) is 0 Å². The second-order valence-electron chi connectivity index (χ2n) is 7.41. The van der Waals surface area contributed by atoms with Gasteiger partial charge in [-0.3, -0.25) is 0 Å². The van der Waals surface area contributed by atoms with Gasteiger partial charge in [-0.1, -0.05) is 66.2 Å². The van der Waals surface area contributed by atoms with Crippen LogP contribution >= 0.6 is 0 Å². The number of hydrogen-bond donors (Lipinski definition) is 0. The molecule has 0 saturated heterocycles. The molecule has 2 aromatic carbocycles. The van der Waals surface area contributed by atoms with Gasteiger partial charge in [0.1, 0.15) is 0 Å². The fourth-order valence-corrected chi connectivity index (χ4v) is 3.43. The van der Waals surface area contributed by atoms with Crippen LogP contribution in [0, 0.1) is 0 Å². The Hall–Kier alpha value is -1.86. The highest BCUT2D eigenvalue weighted by molar-refractivity contribution is 5.49. The molecule has 0 aromatic heterocycles. The first-order valence-electron chi connectivity index (χ1n) is 8.48. The zero-order valence-corrected chi connectivity index (χ0v) is 14.7. The Morgan fingerprint density at radius 2 is 1.61 bits per heavy atom. The number of fused-ring (bicyclic) bond motifs is 1. The van der Waals surface area contributed by atoms with Crippen LogP contribution in [-0.4, -0.2) is 24.5 Å². The van der Waals surface area contributed by atoms with Crippen LogP contribution in [0.15, 0.2) is 66.2 Å². The highest BCUT2D eigenvalue weighted by Gasteiger charge is 2.30. The molecular formula is C22H27N. The van der Waals surface area contributed by atoms with E-state index < -0.39 is 0 Å². The molecule has 3 rings (SSSR count). The summed E-state index contributed by atoms with van der Waals surface area (Å²) < 4.78 is 0. The van der Waals surface area contributed by atoms with Gasteiger partial charge in [0, 0.05) is 11.5 Å². The minimum absolute atomic E-state index is 0.158. The molecule has 1 aliphatic carbocycles. The largest absolute Gasteiger partial charge is 0.304 e. The van der Waals surface area contributed by atoms with Gasteiger partial charge in [-0.05, 0) is 57.5 Å². The lowest BCUT2D eigenvalue weighted by atomic mass is 9.74. The first kappa shape index (κ1) is 16.0. The van der Waals surface area contributed by atoms with Gasteiger partial charge in [-0.15, -0.1) is 0 Å². The third-order valence-electron chi connectivity index (χ3n) is 5.30. The van der Waals surface area contributed by atoms with Crippen molar-refractivity contribution in [3.05, 3.63) is 82.9 Å². The van der Waals surface area contributed by atoms with Crippen molar-refractivity contribution >= 4 is 0 Å². The Kier molecular flexibility index (Phi) is 4.41. The van der Waals surface area contributed by atoms with Gasteiger partial charge in [0.25, 0.3) is 0 Å². The minimum Gasteiger partial charge on any atom is -0.304 e. The molecule has 1 aliphatic rings. The zero-order chi connectivity index (χ0) is 16.4. The Morgan fingerprint density at radius 1 is 0.957 bits per heavy atom. The first-order chi connectivity index (χ1) is 11.0. The number of benzene rings is 2. The molecule has 0 heterocycles. The first-order valence-corrected chi connectivity index (χ1v) is 8.48. The highest BCUT2D eigenvalue weighted by atomic mass is 15.1. The van der Waals surface area contributed by atoms with E-state index in [0.29, 0.717) is 5.92 Å². The van der Waals surface area contributed by atoms with Crippen LogP contribution in [0.25, 0.3) is 0 Å². The highest BCUT2D eigenvalue weighted by Crippen LogP contribution is 2.41. The van der Waals surface area contributed by atoms with Gasteiger partial charge in [0.05, 0.1) is 0 Å². The summed E-state index contributed by atoms with van der Waals surface area (Å²) in [5, 5.41) is 0. The lowest BCUT2D eigenvalue weighted by Gasteiger charge is -2.37.